The van der Waals surface area contributed by atoms with Crippen LogP contribution < -0.4 is 5.73 Å². The van der Waals surface area contributed by atoms with Gasteiger partial charge in [0.25, 0.3) is 5.91 Å². The summed E-state index contributed by atoms with van der Waals surface area (Å²) in [5.41, 5.74) is 9.94. The molecular formula is C25H34N6O. The van der Waals surface area contributed by atoms with Crippen molar-refractivity contribution in [2.75, 3.05) is 20.1 Å². The number of imidazole rings is 1. The van der Waals surface area contributed by atoms with Crippen molar-refractivity contribution in [3.8, 4) is 0 Å². The molecule has 170 valence electrons. The molecule has 0 radical (unpaired) electrons. The van der Waals surface area contributed by atoms with E-state index in [-0.39, 0.29) is 18.0 Å². The second-order valence-electron chi connectivity index (χ2n) is 8.85. The maximum Gasteiger partial charge on any atom is 0.256 e. The topological polar surface area (TPSA) is 91.1 Å². The predicted molar refractivity (Wildman–Crippen MR) is 127 cm³/mol. The fourth-order valence-electron chi connectivity index (χ4n) is 4.68. The van der Waals surface area contributed by atoms with Gasteiger partial charge in [-0.1, -0.05) is 18.2 Å². The Balaban J connectivity index is 1.49. The third-order valence-corrected chi connectivity index (χ3v) is 6.53. The van der Waals surface area contributed by atoms with Crippen LogP contribution in [0.15, 0.2) is 42.8 Å². The molecule has 1 unspecified atom stereocenters. The van der Waals surface area contributed by atoms with Gasteiger partial charge in [-0.15, -0.1) is 0 Å². The molecule has 1 atom stereocenters. The lowest BCUT2D eigenvalue weighted by atomic mass is 9.91. The number of amides is 1. The highest BCUT2D eigenvalue weighted by atomic mass is 16.2. The van der Waals surface area contributed by atoms with Gasteiger partial charge in [-0.25, -0.2) is 4.98 Å². The first kappa shape index (κ1) is 22.4. The number of aromatic nitrogens is 3. The Morgan fingerprint density at radius 3 is 2.91 bits per heavy atom. The largest absolute Gasteiger partial charge is 0.341 e. The highest BCUT2D eigenvalue weighted by molar-refractivity contribution is 6.19. The second kappa shape index (κ2) is 10.2. The molecule has 3 heterocycles. The average molecular weight is 435 g/mol. The van der Waals surface area contributed by atoms with Gasteiger partial charge in [-0.2, -0.15) is 0 Å². The Labute approximate surface area is 190 Å². The second-order valence-corrected chi connectivity index (χ2v) is 8.85. The van der Waals surface area contributed by atoms with Crippen LogP contribution in [0.3, 0.4) is 0 Å². The van der Waals surface area contributed by atoms with Crippen LogP contribution in [0.2, 0.25) is 0 Å². The zero-order chi connectivity index (χ0) is 22.5. The van der Waals surface area contributed by atoms with Crippen LogP contribution in [-0.4, -0.2) is 56.8 Å². The molecule has 4 rings (SSSR count). The van der Waals surface area contributed by atoms with Gasteiger partial charge >= 0.3 is 0 Å². The lowest BCUT2D eigenvalue weighted by Gasteiger charge is -2.31. The number of hydrogen-bond donors (Lipinski definition) is 2. The van der Waals surface area contributed by atoms with Crippen molar-refractivity contribution in [2.45, 2.75) is 57.7 Å². The number of piperidine rings is 1. The molecule has 7 nitrogen and oxygen atoms in total. The zero-order valence-corrected chi connectivity index (χ0v) is 19.1. The summed E-state index contributed by atoms with van der Waals surface area (Å²) in [5, 5.41) is 0. The van der Waals surface area contributed by atoms with E-state index in [0.29, 0.717) is 25.2 Å². The SMILES string of the molecule is C/C=C\C=C(\C(=O)N1CCC(N)CC1)c1cnc(CN(C)C2CCCc3cccnc32)[nH]1. The molecule has 1 aliphatic carbocycles. The summed E-state index contributed by atoms with van der Waals surface area (Å²) >= 11 is 0. The number of H-pyrrole nitrogens is 1. The van der Waals surface area contributed by atoms with E-state index < -0.39 is 0 Å². The van der Waals surface area contributed by atoms with E-state index in [0.717, 1.165) is 37.2 Å². The first-order valence-corrected chi connectivity index (χ1v) is 11.6. The number of nitrogens with zero attached hydrogens (tertiary/aromatic N) is 4. The molecule has 1 amide bonds. The molecule has 0 aromatic carbocycles. The number of hydrogen-bond acceptors (Lipinski definition) is 5. The quantitative estimate of drug-likeness (QED) is 0.538. The summed E-state index contributed by atoms with van der Waals surface area (Å²) < 4.78 is 0. The number of rotatable bonds is 6. The normalized spacial score (nSPS) is 20.2. The molecule has 2 aliphatic rings. The van der Waals surface area contributed by atoms with Crippen molar-refractivity contribution >= 4 is 11.5 Å². The average Bonchev–Trinajstić information content (AvgIpc) is 3.27. The zero-order valence-electron chi connectivity index (χ0n) is 19.1. The monoisotopic (exact) mass is 434 g/mol. The fourth-order valence-corrected chi connectivity index (χ4v) is 4.68. The number of likely N-dealkylation sites (tertiary alicyclic amines) is 1. The number of allylic oxidation sites excluding steroid dienone is 3. The lowest BCUT2D eigenvalue weighted by molar-refractivity contribution is -0.126. The Morgan fingerprint density at radius 2 is 2.12 bits per heavy atom. The summed E-state index contributed by atoms with van der Waals surface area (Å²) in [4.78, 5) is 30.1. The molecule has 7 heteroatoms. The Morgan fingerprint density at radius 1 is 1.31 bits per heavy atom. The summed E-state index contributed by atoms with van der Waals surface area (Å²) in [6.07, 6.45) is 14.4. The Kier molecular flexibility index (Phi) is 7.17. The van der Waals surface area contributed by atoms with Crippen molar-refractivity contribution in [3.63, 3.8) is 0 Å². The molecule has 0 bridgehead atoms. The van der Waals surface area contributed by atoms with Gasteiger partial charge in [-0.05, 0) is 63.8 Å². The van der Waals surface area contributed by atoms with Crippen LogP contribution in [0.5, 0.6) is 0 Å². The van der Waals surface area contributed by atoms with E-state index in [9.17, 15) is 4.79 Å². The van der Waals surface area contributed by atoms with E-state index in [4.69, 9.17) is 5.73 Å². The molecule has 1 aliphatic heterocycles. The summed E-state index contributed by atoms with van der Waals surface area (Å²) in [7, 11) is 2.12. The minimum absolute atomic E-state index is 0.0314. The molecule has 1 saturated heterocycles. The first-order chi connectivity index (χ1) is 15.6. The molecule has 0 saturated carbocycles. The van der Waals surface area contributed by atoms with Crippen LogP contribution in [0.25, 0.3) is 5.57 Å². The predicted octanol–water partition coefficient (Wildman–Crippen LogP) is 3.22. The van der Waals surface area contributed by atoms with Crippen LogP contribution in [-0.2, 0) is 17.8 Å². The van der Waals surface area contributed by atoms with Crippen molar-refractivity contribution in [2.24, 2.45) is 5.73 Å². The maximum atomic E-state index is 13.2. The Hall–Kier alpha value is -2.77. The number of fused-ring (bicyclic) bond motifs is 1. The summed E-state index contributed by atoms with van der Waals surface area (Å²) in [5.74, 6) is 0.884. The number of aryl methyl sites for hydroxylation is 1. The third kappa shape index (κ3) is 5.00. The standard InChI is InChI=1S/C25H34N6O/c1-3-4-9-20(25(32)31-14-11-19(26)12-15-31)21-16-28-23(29-21)17-30(2)22-10-5-7-18-8-6-13-27-24(18)22/h3-4,6,8-9,13,16,19,22H,5,7,10-12,14-15,17,26H2,1-2H3,(H,28,29)/b4-3-,20-9+. The maximum absolute atomic E-state index is 13.2. The van der Waals surface area contributed by atoms with Crippen LogP contribution in [0.1, 0.15) is 61.4 Å². The van der Waals surface area contributed by atoms with Crippen molar-refractivity contribution < 1.29 is 4.79 Å². The lowest BCUT2D eigenvalue weighted by Crippen LogP contribution is -2.43. The third-order valence-electron chi connectivity index (χ3n) is 6.53. The molecule has 3 N–H and O–H groups in total. The first-order valence-electron chi connectivity index (χ1n) is 11.6. The molecule has 2 aromatic heterocycles. The van der Waals surface area contributed by atoms with Gasteiger partial charge in [0.15, 0.2) is 0 Å². The number of aromatic amines is 1. The molecular weight excluding hydrogens is 400 g/mol. The highest BCUT2D eigenvalue weighted by Crippen LogP contribution is 2.32. The number of carbonyl (C=O) groups is 1. The van der Waals surface area contributed by atoms with E-state index >= 15 is 0 Å². The van der Waals surface area contributed by atoms with Gasteiger partial charge in [0.05, 0.1) is 35.7 Å². The van der Waals surface area contributed by atoms with E-state index in [1.807, 2.05) is 42.3 Å². The van der Waals surface area contributed by atoms with Gasteiger partial charge in [0.2, 0.25) is 0 Å². The number of pyridine rings is 1. The molecule has 0 spiro atoms. The highest BCUT2D eigenvalue weighted by Gasteiger charge is 2.27. The number of nitrogens with one attached hydrogen (secondary N) is 1. The van der Waals surface area contributed by atoms with Crippen molar-refractivity contribution in [3.05, 3.63) is 65.5 Å². The molecule has 2 aromatic rings. The van der Waals surface area contributed by atoms with E-state index in [1.165, 1.54) is 17.7 Å². The molecule has 32 heavy (non-hydrogen) atoms. The summed E-state index contributed by atoms with van der Waals surface area (Å²) in [6, 6.07) is 4.68. The minimum atomic E-state index is 0.0314. The van der Waals surface area contributed by atoms with Crippen LogP contribution >= 0.6 is 0 Å². The number of carbonyl (C=O) groups excluding carboxylic acids is 1. The van der Waals surface area contributed by atoms with Crippen LogP contribution in [0, 0.1) is 0 Å². The van der Waals surface area contributed by atoms with Crippen molar-refractivity contribution in [1.29, 1.82) is 0 Å². The van der Waals surface area contributed by atoms with Crippen molar-refractivity contribution in [1.82, 2.24) is 24.8 Å². The number of nitrogens with two attached hydrogens (primary N) is 1. The van der Waals surface area contributed by atoms with E-state index in [1.54, 1.807) is 6.20 Å². The Bertz CT molecular complexity index is 986. The smallest absolute Gasteiger partial charge is 0.256 e. The fraction of sp³-hybridized carbons (Fsp3) is 0.480. The van der Waals surface area contributed by atoms with Gasteiger partial charge < -0.3 is 15.6 Å². The minimum Gasteiger partial charge on any atom is -0.341 e. The van der Waals surface area contributed by atoms with E-state index in [2.05, 4.69) is 33.0 Å². The molecule has 1 fully saturated rings. The van der Waals surface area contributed by atoms with Gasteiger partial charge in [-0.3, -0.25) is 14.7 Å². The van der Waals surface area contributed by atoms with Crippen LogP contribution in [0.4, 0.5) is 0 Å². The van der Waals surface area contributed by atoms with Gasteiger partial charge in [0.1, 0.15) is 5.82 Å². The summed E-state index contributed by atoms with van der Waals surface area (Å²) in [6.45, 7) is 4.02. The van der Waals surface area contributed by atoms with Gasteiger partial charge in [0, 0.05) is 25.3 Å².